The number of anilines is 1. The van der Waals surface area contributed by atoms with Crippen LogP contribution < -0.4 is 5.73 Å². The number of hydrogen-bond donors (Lipinski definition) is 1. The highest BCUT2D eigenvalue weighted by atomic mass is 16.6. The van der Waals surface area contributed by atoms with Gasteiger partial charge in [-0.2, -0.15) is 0 Å². The van der Waals surface area contributed by atoms with Crippen LogP contribution in [0.25, 0.3) is 0 Å². The fourth-order valence-electron chi connectivity index (χ4n) is 1.11. The number of benzene rings is 1. The Labute approximate surface area is 84.6 Å². The number of para-hydroxylation sites is 1. The fraction of sp³-hybridized carbons (Fsp3) is 0.364. The van der Waals surface area contributed by atoms with E-state index >= 15 is 0 Å². The summed E-state index contributed by atoms with van der Waals surface area (Å²) in [6.45, 7) is 4.58. The summed E-state index contributed by atoms with van der Waals surface area (Å²) in [6.07, 6.45) is 0.959. The minimum Gasteiger partial charge on any atom is -0.398 e. The van der Waals surface area contributed by atoms with Gasteiger partial charge in [0.1, 0.15) is 6.61 Å². The van der Waals surface area contributed by atoms with Gasteiger partial charge in [-0.25, -0.2) is 0 Å². The predicted molar refractivity (Wildman–Crippen MR) is 59.3 cm³/mol. The third kappa shape index (κ3) is 2.76. The lowest BCUT2D eigenvalue weighted by molar-refractivity contribution is 0.145. The number of nitrogen functional groups attached to an aromatic ring is 1. The molecule has 0 aromatic heterocycles. The molecule has 76 valence electrons. The highest BCUT2D eigenvalue weighted by Crippen LogP contribution is 2.11. The standard InChI is InChI=1S/C11H16N2O/c1-3-8-14-13-9(2)10-6-4-5-7-11(10)12/h4-7H,3,8,12H2,1-2H3/b13-9+. The van der Waals surface area contributed by atoms with Crippen molar-refractivity contribution in [3.8, 4) is 0 Å². The normalized spacial score (nSPS) is 11.4. The van der Waals surface area contributed by atoms with Crippen LogP contribution in [-0.2, 0) is 4.84 Å². The Morgan fingerprint density at radius 3 is 2.79 bits per heavy atom. The summed E-state index contributed by atoms with van der Waals surface area (Å²) in [4.78, 5) is 5.09. The number of oxime groups is 1. The van der Waals surface area contributed by atoms with Crippen molar-refractivity contribution < 1.29 is 4.84 Å². The zero-order chi connectivity index (χ0) is 10.4. The zero-order valence-electron chi connectivity index (χ0n) is 8.66. The maximum absolute atomic E-state index is 5.79. The van der Waals surface area contributed by atoms with Gasteiger partial charge in [-0.05, 0) is 19.4 Å². The molecule has 0 aliphatic rings. The highest BCUT2D eigenvalue weighted by molar-refractivity contribution is 6.02. The molecule has 0 aliphatic heterocycles. The molecule has 0 radical (unpaired) electrons. The molecule has 2 N–H and O–H groups in total. The summed E-state index contributed by atoms with van der Waals surface area (Å²) in [5.41, 5.74) is 8.27. The van der Waals surface area contributed by atoms with Gasteiger partial charge in [-0.3, -0.25) is 0 Å². The second-order valence-corrected chi connectivity index (χ2v) is 3.10. The van der Waals surface area contributed by atoms with Gasteiger partial charge in [-0.1, -0.05) is 30.3 Å². The van der Waals surface area contributed by atoms with E-state index in [1.807, 2.05) is 38.1 Å². The van der Waals surface area contributed by atoms with Crippen molar-refractivity contribution in [1.29, 1.82) is 0 Å². The first kappa shape index (κ1) is 10.6. The summed E-state index contributed by atoms with van der Waals surface area (Å²) in [5.74, 6) is 0. The van der Waals surface area contributed by atoms with Gasteiger partial charge in [0.25, 0.3) is 0 Å². The second kappa shape index (κ2) is 5.27. The Bertz CT molecular complexity index is 321. The summed E-state index contributed by atoms with van der Waals surface area (Å²) >= 11 is 0. The zero-order valence-corrected chi connectivity index (χ0v) is 8.66. The van der Waals surface area contributed by atoms with Gasteiger partial charge in [0, 0.05) is 11.3 Å². The second-order valence-electron chi connectivity index (χ2n) is 3.10. The number of rotatable bonds is 4. The molecule has 0 heterocycles. The first-order valence-corrected chi connectivity index (χ1v) is 4.77. The van der Waals surface area contributed by atoms with E-state index in [1.54, 1.807) is 0 Å². The number of nitrogens with two attached hydrogens (primary N) is 1. The summed E-state index contributed by atoms with van der Waals surface area (Å²) in [5, 5.41) is 3.98. The molecule has 0 fully saturated rings. The third-order valence-corrected chi connectivity index (χ3v) is 1.85. The molecule has 0 saturated carbocycles. The molecule has 1 rings (SSSR count). The van der Waals surface area contributed by atoms with Crippen LogP contribution in [0.1, 0.15) is 25.8 Å². The molecule has 3 heteroatoms. The van der Waals surface area contributed by atoms with Crippen molar-refractivity contribution in [1.82, 2.24) is 0 Å². The van der Waals surface area contributed by atoms with E-state index in [4.69, 9.17) is 10.6 Å². The minimum absolute atomic E-state index is 0.643. The van der Waals surface area contributed by atoms with Crippen molar-refractivity contribution in [2.45, 2.75) is 20.3 Å². The van der Waals surface area contributed by atoms with Crippen LogP contribution in [0.4, 0.5) is 5.69 Å². The van der Waals surface area contributed by atoms with Crippen molar-refractivity contribution >= 4 is 11.4 Å². The Balaban J connectivity index is 2.73. The van der Waals surface area contributed by atoms with Crippen LogP contribution >= 0.6 is 0 Å². The number of hydrogen-bond acceptors (Lipinski definition) is 3. The first-order chi connectivity index (χ1) is 6.75. The highest BCUT2D eigenvalue weighted by Gasteiger charge is 2.01. The Hall–Kier alpha value is -1.51. The molecule has 0 unspecified atom stereocenters. The van der Waals surface area contributed by atoms with E-state index in [2.05, 4.69) is 5.16 Å². The Morgan fingerprint density at radius 2 is 2.14 bits per heavy atom. The summed E-state index contributed by atoms with van der Waals surface area (Å²) in [6, 6.07) is 7.63. The van der Waals surface area contributed by atoms with Gasteiger partial charge < -0.3 is 10.6 Å². The van der Waals surface area contributed by atoms with Crippen LogP contribution in [0.5, 0.6) is 0 Å². The molecule has 0 atom stereocenters. The van der Waals surface area contributed by atoms with E-state index in [0.29, 0.717) is 6.61 Å². The van der Waals surface area contributed by atoms with E-state index in [0.717, 1.165) is 23.4 Å². The molecule has 1 aromatic carbocycles. The van der Waals surface area contributed by atoms with E-state index in [1.165, 1.54) is 0 Å². The van der Waals surface area contributed by atoms with Gasteiger partial charge in [-0.15, -0.1) is 0 Å². The molecule has 0 saturated heterocycles. The SMILES string of the molecule is CCCO/N=C(\C)c1ccccc1N. The largest absolute Gasteiger partial charge is 0.398 e. The monoisotopic (exact) mass is 192 g/mol. The smallest absolute Gasteiger partial charge is 0.116 e. The predicted octanol–water partition coefficient (Wildman–Crippen LogP) is 2.42. The quantitative estimate of drug-likeness (QED) is 0.344. The van der Waals surface area contributed by atoms with Crippen LogP contribution in [-0.4, -0.2) is 12.3 Å². The van der Waals surface area contributed by atoms with Gasteiger partial charge in [0.15, 0.2) is 0 Å². The van der Waals surface area contributed by atoms with Crippen LogP contribution in [0.3, 0.4) is 0 Å². The van der Waals surface area contributed by atoms with Crippen molar-refractivity contribution in [3.05, 3.63) is 29.8 Å². The van der Waals surface area contributed by atoms with Gasteiger partial charge >= 0.3 is 0 Å². The molecular formula is C11H16N2O. The molecular weight excluding hydrogens is 176 g/mol. The van der Waals surface area contributed by atoms with Gasteiger partial charge in [0.2, 0.25) is 0 Å². The summed E-state index contributed by atoms with van der Waals surface area (Å²) < 4.78 is 0. The maximum Gasteiger partial charge on any atom is 0.116 e. The molecule has 0 amide bonds. The summed E-state index contributed by atoms with van der Waals surface area (Å²) in [7, 11) is 0. The lowest BCUT2D eigenvalue weighted by atomic mass is 10.1. The van der Waals surface area contributed by atoms with E-state index in [9.17, 15) is 0 Å². The van der Waals surface area contributed by atoms with Gasteiger partial charge in [0.05, 0.1) is 5.71 Å². The third-order valence-electron chi connectivity index (χ3n) is 1.85. The topological polar surface area (TPSA) is 47.6 Å². The molecule has 1 aromatic rings. The van der Waals surface area contributed by atoms with Crippen LogP contribution in [0, 0.1) is 0 Å². The van der Waals surface area contributed by atoms with Crippen molar-refractivity contribution in [3.63, 3.8) is 0 Å². The number of nitrogens with zero attached hydrogens (tertiary/aromatic N) is 1. The Morgan fingerprint density at radius 1 is 1.43 bits per heavy atom. The minimum atomic E-state index is 0.643. The van der Waals surface area contributed by atoms with Crippen LogP contribution in [0.2, 0.25) is 0 Å². The van der Waals surface area contributed by atoms with E-state index in [-0.39, 0.29) is 0 Å². The average molecular weight is 192 g/mol. The lowest BCUT2D eigenvalue weighted by Crippen LogP contribution is -2.01. The van der Waals surface area contributed by atoms with E-state index < -0.39 is 0 Å². The molecule has 0 aliphatic carbocycles. The lowest BCUT2D eigenvalue weighted by Gasteiger charge is -2.04. The van der Waals surface area contributed by atoms with Crippen molar-refractivity contribution in [2.24, 2.45) is 5.16 Å². The molecule has 14 heavy (non-hydrogen) atoms. The molecule has 0 bridgehead atoms. The first-order valence-electron chi connectivity index (χ1n) is 4.77. The van der Waals surface area contributed by atoms with Crippen LogP contribution in [0.15, 0.2) is 29.4 Å². The van der Waals surface area contributed by atoms with Crippen molar-refractivity contribution in [2.75, 3.05) is 12.3 Å². The Kier molecular flexibility index (Phi) is 3.98. The fourth-order valence-corrected chi connectivity index (χ4v) is 1.11. The average Bonchev–Trinajstić information content (AvgIpc) is 2.18. The maximum atomic E-state index is 5.79. The molecule has 0 spiro atoms. The molecule has 3 nitrogen and oxygen atoms in total.